The van der Waals surface area contributed by atoms with Gasteiger partial charge in [0, 0.05) is 10.5 Å². The van der Waals surface area contributed by atoms with Gasteiger partial charge >= 0.3 is 11.9 Å². The van der Waals surface area contributed by atoms with Gasteiger partial charge in [-0.2, -0.15) is 0 Å². The lowest BCUT2D eigenvalue weighted by Gasteiger charge is -2.32. The van der Waals surface area contributed by atoms with E-state index < -0.39 is 11.9 Å². The molecule has 0 spiro atoms. The number of thioether (sulfide) groups is 7. The summed E-state index contributed by atoms with van der Waals surface area (Å²) in [5.41, 5.74) is 4.30. The molecule has 2 aromatic carbocycles. The molecule has 0 amide bonds. The Morgan fingerprint density at radius 3 is 1.38 bits per heavy atom. The summed E-state index contributed by atoms with van der Waals surface area (Å²) in [6.45, 7) is 0. The summed E-state index contributed by atoms with van der Waals surface area (Å²) in [6.07, 6.45) is 2.11. The Hall–Kier alpha value is -1.21. The van der Waals surface area contributed by atoms with Crippen LogP contribution in [0.15, 0.2) is 97.2 Å². The quantitative estimate of drug-likeness (QED) is 0.299. The molecule has 4 aliphatic rings. The van der Waals surface area contributed by atoms with Crippen molar-refractivity contribution in [2.75, 3.05) is 14.2 Å². The van der Waals surface area contributed by atoms with Crippen molar-refractivity contribution >= 4 is 94.3 Å². The predicted octanol–water partition coefficient (Wildman–Crippen LogP) is 9.46. The predicted molar refractivity (Wildman–Crippen MR) is 173 cm³/mol. The Labute approximate surface area is 257 Å². The van der Waals surface area contributed by atoms with Crippen LogP contribution >= 0.6 is 82.3 Å². The third kappa shape index (κ3) is 5.91. The second-order valence-corrected chi connectivity index (χ2v) is 17.5. The molecule has 0 saturated carbocycles. The highest BCUT2D eigenvalue weighted by atomic mass is 32.3. The second-order valence-electron chi connectivity index (χ2n) is 8.64. The number of benzene rings is 2. The first-order chi connectivity index (χ1) is 19.0. The SMILES string of the molecule is COC(=O)C1=C(C(=O)OC)SC(=C2SC3=C(SC(=C4CC(c5ccccc5)SC(c5ccccc5)C4)S3)S2)S1. The molecule has 4 nitrogen and oxygen atoms in total. The molecule has 0 bridgehead atoms. The third-order valence-electron chi connectivity index (χ3n) is 6.24. The van der Waals surface area contributed by atoms with E-state index >= 15 is 0 Å². The van der Waals surface area contributed by atoms with Crippen LogP contribution in [-0.2, 0) is 19.1 Å². The van der Waals surface area contributed by atoms with Gasteiger partial charge in [-0.05, 0) is 29.5 Å². The van der Waals surface area contributed by atoms with E-state index in [0.29, 0.717) is 20.3 Å². The minimum Gasteiger partial charge on any atom is -0.465 e. The van der Waals surface area contributed by atoms with Crippen LogP contribution < -0.4 is 0 Å². The molecule has 1 fully saturated rings. The van der Waals surface area contributed by atoms with E-state index in [2.05, 4.69) is 72.4 Å². The average Bonchev–Trinajstić information content (AvgIpc) is 3.71. The maximum Gasteiger partial charge on any atom is 0.346 e. The highest BCUT2D eigenvalue weighted by Gasteiger charge is 2.39. The van der Waals surface area contributed by atoms with E-state index in [9.17, 15) is 9.59 Å². The van der Waals surface area contributed by atoms with Gasteiger partial charge in [0.25, 0.3) is 0 Å². The fourth-order valence-electron chi connectivity index (χ4n) is 4.37. The largest absolute Gasteiger partial charge is 0.465 e. The van der Waals surface area contributed by atoms with Crippen LogP contribution in [0.3, 0.4) is 0 Å². The van der Waals surface area contributed by atoms with Gasteiger partial charge in [-0.1, -0.05) is 131 Å². The number of rotatable bonds is 4. The van der Waals surface area contributed by atoms with Gasteiger partial charge in [0.15, 0.2) is 0 Å². The number of ether oxygens (including phenoxy) is 2. The third-order valence-corrected chi connectivity index (χ3v) is 16.6. The van der Waals surface area contributed by atoms with Gasteiger partial charge in [-0.25, -0.2) is 9.59 Å². The number of methoxy groups -OCH3 is 2. The normalized spacial score (nSPS) is 23.0. The number of esters is 2. The van der Waals surface area contributed by atoms with Crippen LogP contribution in [0.5, 0.6) is 0 Å². The molecule has 2 atom stereocenters. The van der Waals surface area contributed by atoms with Crippen molar-refractivity contribution in [3.05, 3.63) is 108 Å². The zero-order valence-corrected chi connectivity index (χ0v) is 26.5. The number of allylic oxidation sites excluding steroid dienone is 1. The highest BCUT2D eigenvalue weighted by Crippen LogP contribution is 2.71. The average molecular weight is 647 g/mol. The summed E-state index contributed by atoms with van der Waals surface area (Å²) >= 11 is 11.9. The number of hydrogen-bond donors (Lipinski definition) is 0. The van der Waals surface area contributed by atoms with Crippen LogP contribution in [0.1, 0.15) is 34.5 Å². The molecule has 0 aliphatic carbocycles. The van der Waals surface area contributed by atoms with Crippen molar-refractivity contribution < 1.29 is 19.1 Å². The molecule has 2 aromatic rings. The minimum absolute atomic E-state index is 0.298. The lowest BCUT2D eigenvalue weighted by Crippen LogP contribution is -2.10. The maximum absolute atomic E-state index is 12.3. The first kappa shape index (κ1) is 27.9. The van der Waals surface area contributed by atoms with E-state index in [1.54, 1.807) is 23.5 Å². The molecule has 4 aliphatic heterocycles. The molecule has 6 rings (SSSR count). The Kier molecular flexibility index (Phi) is 8.84. The minimum atomic E-state index is -0.510. The summed E-state index contributed by atoms with van der Waals surface area (Å²) in [6, 6.07) is 21.7. The molecule has 0 N–H and O–H groups in total. The standard InChI is InChI=1S/C28H22O4S7/c1-31-22(29)20-21(23(30)32-2)35-25(34-20)26-38-27-28(39-26)37-24(36-27)17-13-18(15-9-5-3-6-10-15)33-19(14-17)16-11-7-4-8-12-16/h3-12,18-19H,13-14H2,1-2H3. The summed E-state index contributed by atoms with van der Waals surface area (Å²) in [7, 11) is 2.65. The summed E-state index contributed by atoms with van der Waals surface area (Å²) < 4.78 is 15.8. The van der Waals surface area contributed by atoms with Crippen molar-refractivity contribution in [2.24, 2.45) is 0 Å². The van der Waals surface area contributed by atoms with Gasteiger partial charge in [0.2, 0.25) is 0 Å². The van der Waals surface area contributed by atoms with Crippen molar-refractivity contribution in [1.82, 2.24) is 0 Å². The zero-order chi connectivity index (χ0) is 26.9. The van der Waals surface area contributed by atoms with E-state index in [4.69, 9.17) is 9.47 Å². The van der Waals surface area contributed by atoms with Crippen LogP contribution in [-0.4, -0.2) is 26.2 Å². The van der Waals surface area contributed by atoms with E-state index in [1.807, 2.05) is 23.5 Å². The van der Waals surface area contributed by atoms with E-state index in [1.165, 1.54) is 67.2 Å². The fourth-order valence-corrected chi connectivity index (χ4v) is 15.2. The zero-order valence-electron chi connectivity index (χ0n) is 20.8. The van der Waals surface area contributed by atoms with Gasteiger partial charge in [0.05, 0.1) is 35.4 Å². The topological polar surface area (TPSA) is 52.6 Å². The number of hydrogen-bond acceptors (Lipinski definition) is 11. The first-order valence-corrected chi connectivity index (χ1v) is 17.8. The lowest BCUT2D eigenvalue weighted by atomic mass is 9.98. The van der Waals surface area contributed by atoms with Crippen LogP contribution in [0, 0.1) is 0 Å². The molecule has 2 unspecified atom stereocenters. The van der Waals surface area contributed by atoms with Gasteiger partial charge < -0.3 is 9.47 Å². The molecule has 0 radical (unpaired) electrons. The molecular formula is C28H22O4S7. The van der Waals surface area contributed by atoms with Crippen LogP contribution in [0.4, 0.5) is 0 Å². The summed E-state index contributed by atoms with van der Waals surface area (Å²) in [5.74, 6) is -1.02. The van der Waals surface area contributed by atoms with Crippen molar-refractivity contribution in [3.63, 3.8) is 0 Å². The summed E-state index contributed by atoms with van der Waals surface area (Å²) in [5, 5.41) is 0.848. The van der Waals surface area contributed by atoms with Crippen LogP contribution in [0.2, 0.25) is 0 Å². The molecule has 200 valence electrons. The fraction of sp³-hybridized carbons (Fsp3) is 0.214. The molecule has 4 heterocycles. The monoisotopic (exact) mass is 646 g/mol. The van der Waals surface area contributed by atoms with Gasteiger partial charge in [0.1, 0.15) is 9.81 Å². The highest BCUT2D eigenvalue weighted by molar-refractivity contribution is 8.49. The van der Waals surface area contributed by atoms with Crippen molar-refractivity contribution in [1.29, 1.82) is 0 Å². The Balaban J connectivity index is 1.21. The Bertz CT molecular complexity index is 1350. The van der Waals surface area contributed by atoms with Crippen LogP contribution in [0.25, 0.3) is 0 Å². The smallest absolute Gasteiger partial charge is 0.346 e. The first-order valence-electron chi connectivity index (χ1n) is 12.0. The van der Waals surface area contributed by atoms with Crippen molar-refractivity contribution in [3.8, 4) is 0 Å². The Morgan fingerprint density at radius 2 is 0.974 bits per heavy atom. The molecular weight excluding hydrogens is 625 g/mol. The molecule has 1 saturated heterocycles. The van der Waals surface area contributed by atoms with Crippen molar-refractivity contribution in [2.45, 2.75) is 23.3 Å². The lowest BCUT2D eigenvalue weighted by molar-refractivity contribution is -0.138. The van der Waals surface area contributed by atoms with E-state index in [-0.39, 0.29) is 0 Å². The maximum atomic E-state index is 12.3. The van der Waals surface area contributed by atoms with E-state index in [0.717, 1.165) is 21.3 Å². The van der Waals surface area contributed by atoms with Gasteiger partial charge in [-0.3, -0.25) is 0 Å². The molecule has 11 heteroatoms. The summed E-state index contributed by atoms with van der Waals surface area (Å²) in [4.78, 5) is 25.2. The van der Waals surface area contributed by atoms with Gasteiger partial charge in [-0.15, -0.1) is 11.8 Å². The molecule has 39 heavy (non-hydrogen) atoms. The Morgan fingerprint density at radius 1 is 0.590 bits per heavy atom. The molecule has 0 aromatic heterocycles. The number of carbonyl (C=O) groups is 2. The second kappa shape index (κ2) is 12.3. The number of carbonyl (C=O) groups excluding carboxylic acids is 2.